The van der Waals surface area contributed by atoms with Crippen molar-refractivity contribution < 1.29 is 9.53 Å². The van der Waals surface area contributed by atoms with E-state index in [4.69, 9.17) is 4.74 Å². The lowest BCUT2D eigenvalue weighted by molar-refractivity contribution is 0.134. The molecule has 2 heterocycles. The number of hydrogen-bond donors (Lipinski definition) is 1. The summed E-state index contributed by atoms with van der Waals surface area (Å²) in [6.07, 6.45) is 1.84. The average Bonchev–Trinajstić information content (AvgIpc) is 2.48. The summed E-state index contributed by atoms with van der Waals surface area (Å²) in [6, 6.07) is 4.13. The fourth-order valence-electron chi connectivity index (χ4n) is 2.33. The minimum atomic E-state index is 0.0377. The third kappa shape index (κ3) is 4.60. The molecule has 116 valence electrons. The average molecular weight is 292 g/mol. The van der Waals surface area contributed by atoms with E-state index in [2.05, 4.69) is 15.2 Å². The van der Waals surface area contributed by atoms with Gasteiger partial charge >= 0.3 is 6.03 Å². The predicted octanol–water partition coefficient (Wildman–Crippen LogP) is 1.33. The summed E-state index contributed by atoms with van der Waals surface area (Å²) in [5, 5.41) is 2.93. The lowest BCUT2D eigenvalue weighted by Crippen LogP contribution is -2.52. The normalized spacial score (nSPS) is 16.1. The van der Waals surface area contributed by atoms with Gasteiger partial charge in [0, 0.05) is 51.0 Å². The second-order valence-corrected chi connectivity index (χ2v) is 5.58. The number of ether oxygens (including phenoxy) is 1. The van der Waals surface area contributed by atoms with Gasteiger partial charge in [-0.2, -0.15) is 0 Å². The van der Waals surface area contributed by atoms with Crippen molar-refractivity contribution in [2.24, 2.45) is 0 Å². The third-order valence-electron chi connectivity index (χ3n) is 3.48. The molecular weight excluding hydrogens is 268 g/mol. The molecule has 21 heavy (non-hydrogen) atoms. The number of carbonyl (C=O) groups excluding carboxylic acids is 1. The van der Waals surface area contributed by atoms with Crippen molar-refractivity contribution >= 4 is 6.03 Å². The smallest absolute Gasteiger partial charge is 0.317 e. The maximum atomic E-state index is 11.9. The molecular formula is C15H24N4O2. The zero-order valence-electron chi connectivity index (χ0n) is 13.0. The summed E-state index contributed by atoms with van der Waals surface area (Å²) < 4.78 is 5.06. The van der Waals surface area contributed by atoms with Crippen LogP contribution in [0.15, 0.2) is 18.3 Å². The van der Waals surface area contributed by atoms with Gasteiger partial charge < -0.3 is 15.0 Å². The highest BCUT2D eigenvalue weighted by Gasteiger charge is 2.21. The van der Waals surface area contributed by atoms with Crippen LogP contribution in [0.25, 0.3) is 0 Å². The highest BCUT2D eigenvalue weighted by atomic mass is 16.5. The molecule has 1 saturated heterocycles. The fourth-order valence-corrected chi connectivity index (χ4v) is 2.33. The molecule has 2 rings (SSSR count). The van der Waals surface area contributed by atoms with E-state index in [1.807, 2.05) is 37.1 Å². The molecule has 1 aromatic heterocycles. The zero-order chi connectivity index (χ0) is 15.2. The van der Waals surface area contributed by atoms with Crippen molar-refractivity contribution in [1.29, 1.82) is 0 Å². The van der Waals surface area contributed by atoms with E-state index in [1.165, 1.54) is 0 Å². The largest absolute Gasteiger partial charge is 0.481 e. The molecule has 6 heteroatoms. The number of hydrogen-bond acceptors (Lipinski definition) is 4. The van der Waals surface area contributed by atoms with Crippen LogP contribution in [0, 0.1) is 0 Å². The Bertz CT molecular complexity index is 453. The Labute approximate surface area is 126 Å². The van der Waals surface area contributed by atoms with Crippen LogP contribution >= 0.6 is 0 Å². The topological polar surface area (TPSA) is 57.7 Å². The van der Waals surface area contributed by atoms with E-state index in [1.54, 1.807) is 7.11 Å². The van der Waals surface area contributed by atoms with Crippen molar-refractivity contribution in [3.63, 3.8) is 0 Å². The highest BCUT2D eigenvalue weighted by molar-refractivity contribution is 5.74. The van der Waals surface area contributed by atoms with Gasteiger partial charge in [0.1, 0.15) is 0 Å². The van der Waals surface area contributed by atoms with Crippen molar-refractivity contribution in [3.8, 4) is 5.88 Å². The summed E-state index contributed by atoms with van der Waals surface area (Å²) in [4.78, 5) is 20.3. The summed E-state index contributed by atoms with van der Waals surface area (Å²) in [6.45, 7) is 8.12. The molecule has 0 unspecified atom stereocenters. The van der Waals surface area contributed by atoms with Crippen molar-refractivity contribution in [2.45, 2.75) is 26.4 Å². The maximum absolute atomic E-state index is 11.9. The molecule has 1 aromatic rings. The van der Waals surface area contributed by atoms with Gasteiger partial charge in [-0.25, -0.2) is 9.78 Å². The van der Waals surface area contributed by atoms with Crippen molar-refractivity contribution in [3.05, 3.63) is 23.9 Å². The Balaban J connectivity index is 1.79. The number of urea groups is 1. The lowest BCUT2D eigenvalue weighted by atomic mass is 10.2. The van der Waals surface area contributed by atoms with Crippen LogP contribution in [0.3, 0.4) is 0 Å². The zero-order valence-corrected chi connectivity index (χ0v) is 13.0. The van der Waals surface area contributed by atoms with Gasteiger partial charge in [-0.05, 0) is 19.4 Å². The monoisotopic (exact) mass is 292 g/mol. The Morgan fingerprint density at radius 3 is 2.57 bits per heavy atom. The second-order valence-electron chi connectivity index (χ2n) is 5.58. The number of methoxy groups -OCH3 is 1. The number of rotatable bonds is 4. The van der Waals surface area contributed by atoms with Gasteiger partial charge in [0.25, 0.3) is 0 Å². The predicted molar refractivity (Wildman–Crippen MR) is 81.3 cm³/mol. The number of nitrogens with zero attached hydrogens (tertiary/aromatic N) is 3. The van der Waals surface area contributed by atoms with Gasteiger partial charge in [0.15, 0.2) is 0 Å². The van der Waals surface area contributed by atoms with E-state index < -0.39 is 0 Å². The van der Waals surface area contributed by atoms with E-state index in [0.29, 0.717) is 5.88 Å². The second kappa shape index (κ2) is 7.26. The minimum Gasteiger partial charge on any atom is -0.481 e. The van der Waals surface area contributed by atoms with Gasteiger partial charge in [-0.15, -0.1) is 0 Å². The number of pyridine rings is 1. The van der Waals surface area contributed by atoms with Gasteiger partial charge in [-0.1, -0.05) is 6.07 Å². The molecule has 0 saturated carbocycles. The van der Waals surface area contributed by atoms with Gasteiger partial charge in [-0.3, -0.25) is 4.90 Å². The molecule has 1 aliphatic rings. The molecule has 0 radical (unpaired) electrons. The van der Waals surface area contributed by atoms with E-state index in [0.717, 1.165) is 38.3 Å². The molecule has 0 aliphatic carbocycles. The highest BCUT2D eigenvalue weighted by Crippen LogP contribution is 2.11. The molecule has 0 aromatic carbocycles. The van der Waals surface area contributed by atoms with Gasteiger partial charge in [0.2, 0.25) is 5.88 Å². The number of piperazine rings is 1. The summed E-state index contributed by atoms with van der Waals surface area (Å²) in [7, 11) is 1.61. The molecule has 0 bridgehead atoms. The quantitative estimate of drug-likeness (QED) is 0.909. The van der Waals surface area contributed by atoms with Crippen LogP contribution in [0.4, 0.5) is 4.79 Å². The Morgan fingerprint density at radius 2 is 2.05 bits per heavy atom. The molecule has 1 aliphatic heterocycles. The SMILES string of the molecule is COc1ccc(CN2CCN(C(=O)NC(C)C)CC2)cn1. The Morgan fingerprint density at radius 1 is 1.33 bits per heavy atom. The molecule has 2 amide bonds. The lowest BCUT2D eigenvalue weighted by Gasteiger charge is -2.35. The minimum absolute atomic E-state index is 0.0377. The first-order valence-electron chi connectivity index (χ1n) is 7.35. The Kier molecular flexibility index (Phi) is 5.38. The number of amides is 2. The van der Waals surface area contributed by atoms with E-state index in [-0.39, 0.29) is 12.1 Å². The van der Waals surface area contributed by atoms with Crippen LogP contribution in [0.5, 0.6) is 5.88 Å². The number of nitrogens with one attached hydrogen (secondary N) is 1. The third-order valence-corrected chi connectivity index (χ3v) is 3.48. The molecule has 1 N–H and O–H groups in total. The first-order valence-corrected chi connectivity index (χ1v) is 7.35. The van der Waals surface area contributed by atoms with Crippen LogP contribution < -0.4 is 10.1 Å². The van der Waals surface area contributed by atoms with Crippen molar-refractivity contribution in [1.82, 2.24) is 20.1 Å². The number of carbonyl (C=O) groups is 1. The van der Waals surface area contributed by atoms with E-state index in [9.17, 15) is 4.79 Å². The van der Waals surface area contributed by atoms with Crippen LogP contribution in [0.1, 0.15) is 19.4 Å². The summed E-state index contributed by atoms with van der Waals surface area (Å²) >= 11 is 0. The Hall–Kier alpha value is -1.82. The van der Waals surface area contributed by atoms with Crippen LogP contribution in [-0.2, 0) is 6.54 Å². The fraction of sp³-hybridized carbons (Fsp3) is 0.600. The van der Waals surface area contributed by atoms with Crippen LogP contribution in [0.2, 0.25) is 0 Å². The van der Waals surface area contributed by atoms with Crippen LogP contribution in [-0.4, -0.2) is 60.1 Å². The summed E-state index contributed by atoms with van der Waals surface area (Å²) in [5.41, 5.74) is 1.16. The number of aromatic nitrogens is 1. The molecule has 6 nitrogen and oxygen atoms in total. The molecule has 0 spiro atoms. The van der Waals surface area contributed by atoms with Crippen molar-refractivity contribution in [2.75, 3.05) is 33.3 Å². The summed E-state index contributed by atoms with van der Waals surface area (Å²) in [5.74, 6) is 0.633. The molecule has 0 atom stereocenters. The first-order chi connectivity index (χ1) is 10.1. The standard InChI is InChI=1S/C15H24N4O2/c1-12(2)17-15(20)19-8-6-18(7-9-19)11-13-4-5-14(21-3)16-10-13/h4-5,10,12H,6-9,11H2,1-3H3,(H,17,20). The first kappa shape index (κ1) is 15.6. The molecule has 1 fully saturated rings. The van der Waals surface area contributed by atoms with E-state index >= 15 is 0 Å². The van der Waals surface area contributed by atoms with Gasteiger partial charge in [0.05, 0.1) is 7.11 Å². The maximum Gasteiger partial charge on any atom is 0.317 e.